The van der Waals surface area contributed by atoms with Crippen molar-refractivity contribution in [2.75, 3.05) is 26.4 Å². The third-order valence-electron chi connectivity index (χ3n) is 10.2. The number of aliphatic hydroxyl groups is 1. The molecule has 2 unspecified atom stereocenters. The molecule has 63 heavy (non-hydrogen) atoms. The fourth-order valence-corrected chi connectivity index (χ4v) is 7.37. The summed E-state index contributed by atoms with van der Waals surface area (Å²) in [5.74, 6) is -0.128. The number of aliphatic hydroxyl groups excluding tert-OH is 1. The summed E-state index contributed by atoms with van der Waals surface area (Å²) in [4.78, 5) is 64.5. The van der Waals surface area contributed by atoms with Gasteiger partial charge < -0.3 is 29.3 Å². The molecule has 366 valence electrons. The molecule has 0 aromatic rings. The first-order chi connectivity index (χ1) is 30.2. The largest absolute Gasteiger partial charge is 0.472 e. The summed E-state index contributed by atoms with van der Waals surface area (Å²) in [6, 6.07) is 0. The van der Waals surface area contributed by atoms with Crippen LogP contribution in [0, 0.1) is 5.92 Å². The molecule has 0 aromatic carbocycles. The molecule has 0 amide bonds. The molecule has 14 nitrogen and oxygen atoms in total. The average molecular weight is 935 g/mol. The van der Waals surface area contributed by atoms with Gasteiger partial charge in [0.2, 0.25) is 0 Å². The predicted octanol–water partition coefficient (Wildman–Crippen LogP) is 11.7. The maximum atomic E-state index is 12.7. The number of allylic oxidation sites excluding steroid dienone is 8. The molecular formula is C47H84O14P2. The second-order valence-corrected chi connectivity index (χ2v) is 19.0. The van der Waals surface area contributed by atoms with E-state index in [1.807, 2.05) is 36.5 Å². The van der Waals surface area contributed by atoms with Crippen molar-refractivity contribution in [3.05, 3.63) is 48.6 Å². The maximum absolute atomic E-state index is 12.7. The number of unbranched alkanes of at least 4 members (excludes halogenated alkanes) is 16. The summed E-state index contributed by atoms with van der Waals surface area (Å²) in [5, 5.41) is 9.76. The number of carbonyl (C=O) groups excluding carboxylic acids is 3. The van der Waals surface area contributed by atoms with E-state index in [1.165, 1.54) is 70.6 Å². The van der Waals surface area contributed by atoms with Gasteiger partial charge in [0, 0.05) is 19.3 Å². The number of ketones is 1. The minimum atomic E-state index is -4.88. The van der Waals surface area contributed by atoms with E-state index in [0.29, 0.717) is 25.7 Å². The molecule has 0 bridgehead atoms. The first kappa shape index (κ1) is 60.8. The van der Waals surface area contributed by atoms with E-state index >= 15 is 0 Å². The predicted molar refractivity (Wildman–Crippen MR) is 249 cm³/mol. The van der Waals surface area contributed by atoms with Crippen LogP contribution < -0.4 is 0 Å². The minimum absolute atomic E-state index is 0.0933. The first-order valence-corrected chi connectivity index (χ1v) is 26.7. The van der Waals surface area contributed by atoms with Crippen molar-refractivity contribution in [1.29, 1.82) is 0 Å². The third kappa shape index (κ3) is 44.7. The van der Waals surface area contributed by atoms with Crippen LogP contribution in [0.25, 0.3) is 0 Å². The molecule has 0 spiro atoms. The van der Waals surface area contributed by atoms with Crippen LogP contribution in [0.4, 0.5) is 0 Å². The Morgan fingerprint density at radius 3 is 1.70 bits per heavy atom. The molecule has 0 aromatic heterocycles. The van der Waals surface area contributed by atoms with Crippen molar-refractivity contribution in [3.63, 3.8) is 0 Å². The number of rotatable bonds is 44. The minimum Gasteiger partial charge on any atom is -0.462 e. The lowest BCUT2D eigenvalue weighted by Gasteiger charge is -2.20. The van der Waals surface area contributed by atoms with Gasteiger partial charge in [0.15, 0.2) is 11.9 Å². The molecule has 0 heterocycles. The van der Waals surface area contributed by atoms with Crippen LogP contribution in [0.15, 0.2) is 48.6 Å². The van der Waals surface area contributed by atoms with Gasteiger partial charge in [0.1, 0.15) is 12.7 Å². The van der Waals surface area contributed by atoms with Gasteiger partial charge >= 0.3 is 27.6 Å². The normalized spacial score (nSPS) is 14.8. The Hall–Kier alpha value is -2.25. The zero-order valence-electron chi connectivity index (χ0n) is 38.8. The number of esters is 2. The van der Waals surface area contributed by atoms with Crippen LogP contribution in [0.5, 0.6) is 0 Å². The van der Waals surface area contributed by atoms with Crippen molar-refractivity contribution < 1.29 is 66.3 Å². The van der Waals surface area contributed by atoms with Crippen molar-refractivity contribution >= 4 is 33.4 Å². The molecule has 0 aliphatic rings. The highest BCUT2D eigenvalue weighted by Crippen LogP contribution is 2.43. The second-order valence-electron chi connectivity index (χ2n) is 16.3. The van der Waals surface area contributed by atoms with Gasteiger partial charge in [-0.3, -0.25) is 28.0 Å². The molecule has 0 aliphatic heterocycles. The standard InChI is InChI=1S/C47H84O14P2/c1-4-6-28-34-43(48)35-30-25-21-17-13-11-15-18-22-26-31-36-46(50)57-40-45(41-60-63(55,56)59-39-44(49)38-58-62(52,53)54)61-47(51)37-32-27-23-19-14-10-8-7-9-12-16-20-24-29-33-42(3)5-2/h11,13,18,21-22,25,30,35,42,44-45,49H,4-10,12,14-17,19-20,23-24,26-29,31-34,36-41H2,1-3H3,(H,55,56)(H2,52,53,54)/b13-11-,22-18-,25-21-,35-30+/t42?,44-,45+/m0/s1. The number of carbonyl (C=O) groups is 3. The number of phosphoric acid groups is 2. The molecule has 0 saturated carbocycles. The summed E-state index contributed by atoms with van der Waals surface area (Å²) >= 11 is 0. The molecule has 4 atom stereocenters. The van der Waals surface area contributed by atoms with Gasteiger partial charge in [0.05, 0.1) is 19.8 Å². The first-order valence-electron chi connectivity index (χ1n) is 23.7. The van der Waals surface area contributed by atoms with Gasteiger partial charge in [-0.25, -0.2) is 9.13 Å². The van der Waals surface area contributed by atoms with E-state index in [-0.39, 0.29) is 18.6 Å². The molecule has 0 aliphatic carbocycles. The molecular weight excluding hydrogens is 850 g/mol. The van der Waals surface area contributed by atoms with Crippen LogP contribution >= 0.6 is 15.6 Å². The Labute approximate surface area is 379 Å². The Balaban J connectivity index is 4.58. The zero-order valence-corrected chi connectivity index (χ0v) is 40.6. The summed E-state index contributed by atoms with van der Waals surface area (Å²) in [6.45, 7) is 3.90. The monoisotopic (exact) mass is 935 g/mol. The van der Waals surface area contributed by atoms with Crippen molar-refractivity contribution in [2.45, 2.75) is 200 Å². The second kappa shape index (κ2) is 41.2. The van der Waals surface area contributed by atoms with Crippen LogP contribution in [0.3, 0.4) is 0 Å². The SMILES string of the molecule is CCCCCC(=O)/C=C/C=C\C/C=C\C/C=C\CCCC(=O)OC[C@H](COP(=O)(O)OC[C@@H](O)COP(=O)(O)O)OC(=O)CCCCCCCCCCCCCCCCC(C)CC. The molecule has 0 fully saturated rings. The van der Waals surface area contributed by atoms with Crippen LogP contribution in [-0.2, 0) is 46.6 Å². The fraction of sp³-hybridized carbons (Fsp3) is 0.766. The van der Waals surface area contributed by atoms with Gasteiger partial charge in [-0.15, -0.1) is 0 Å². The highest BCUT2D eigenvalue weighted by Gasteiger charge is 2.28. The van der Waals surface area contributed by atoms with E-state index in [0.717, 1.165) is 63.7 Å². The Morgan fingerprint density at radius 1 is 0.571 bits per heavy atom. The molecule has 0 rings (SSSR count). The van der Waals surface area contributed by atoms with E-state index < -0.39 is 66.2 Å². The van der Waals surface area contributed by atoms with Crippen LogP contribution in [0.1, 0.15) is 188 Å². The van der Waals surface area contributed by atoms with Crippen molar-refractivity contribution in [3.8, 4) is 0 Å². The third-order valence-corrected chi connectivity index (χ3v) is 11.7. The Morgan fingerprint density at radius 2 is 1.10 bits per heavy atom. The Bertz CT molecular complexity index is 1380. The highest BCUT2D eigenvalue weighted by atomic mass is 31.2. The topological polar surface area (TPSA) is 212 Å². The Kier molecular flexibility index (Phi) is 39.7. The molecule has 16 heteroatoms. The van der Waals surface area contributed by atoms with Crippen molar-refractivity contribution in [1.82, 2.24) is 0 Å². The number of phosphoric ester groups is 2. The van der Waals surface area contributed by atoms with Crippen LogP contribution in [-0.4, -0.2) is 76.1 Å². The lowest BCUT2D eigenvalue weighted by atomic mass is 9.99. The summed E-state index contributed by atoms with van der Waals surface area (Å²) in [6.07, 6.45) is 38.0. The van der Waals surface area contributed by atoms with E-state index in [9.17, 15) is 33.5 Å². The van der Waals surface area contributed by atoms with E-state index in [1.54, 1.807) is 12.2 Å². The molecule has 0 saturated heterocycles. The highest BCUT2D eigenvalue weighted by molar-refractivity contribution is 7.47. The number of hydrogen-bond acceptors (Lipinski definition) is 11. The van der Waals surface area contributed by atoms with E-state index in [4.69, 9.17) is 23.8 Å². The summed E-state index contributed by atoms with van der Waals surface area (Å²) in [5.41, 5.74) is 0. The van der Waals surface area contributed by atoms with Gasteiger partial charge in [-0.1, -0.05) is 172 Å². The lowest BCUT2D eigenvalue weighted by Crippen LogP contribution is -2.30. The van der Waals surface area contributed by atoms with E-state index in [2.05, 4.69) is 29.8 Å². The number of hydrogen-bond donors (Lipinski definition) is 4. The summed E-state index contributed by atoms with van der Waals surface area (Å²) < 4.78 is 47.8. The van der Waals surface area contributed by atoms with Crippen LogP contribution in [0.2, 0.25) is 0 Å². The molecule has 0 radical (unpaired) electrons. The number of ether oxygens (including phenoxy) is 2. The quantitative estimate of drug-likeness (QED) is 0.0112. The van der Waals surface area contributed by atoms with Gasteiger partial charge in [-0.2, -0.15) is 0 Å². The van der Waals surface area contributed by atoms with Crippen molar-refractivity contribution in [2.24, 2.45) is 5.92 Å². The maximum Gasteiger partial charge on any atom is 0.472 e. The van der Waals surface area contributed by atoms with Gasteiger partial charge in [0.25, 0.3) is 0 Å². The summed E-state index contributed by atoms with van der Waals surface area (Å²) in [7, 11) is -9.71. The fourth-order valence-electron chi connectivity index (χ4n) is 6.21. The lowest BCUT2D eigenvalue weighted by molar-refractivity contribution is -0.161. The molecule has 4 N–H and O–H groups in total. The zero-order chi connectivity index (χ0) is 46.9. The average Bonchev–Trinajstić information content (AvgIpc) is 3.24. The van der Waals surface area contributed by atoms with Gasteiger partial charge in [-0.05, 0) is 50.5 Å². The smallest absolute Gasteiger partial charge is 0.462 e.